The molecule has 0 aliphatic heterocycles. The van der Waals surface area contributed by atoms with Gasteiger partial charge in [-0.25, -0.2) is 4.98 Å². The molecular weight excluding hydrogens is 252 g/mol. The van der Waals surface area contributed by atoms with Crippen molar-refractivity contribution < 1.29 is 4.74 Å². The number of hydrogen-bond donors (Lipinski definition) is 1. The van der Waals surface area contributed by atoms with Crippen LogP contribution in [0.25, 0.3) is 0 Å². The van der Waals surface area contributed by atoms with Crippen molar-refractivity contribution in [3.63, 3.8) is 0 Å². The number of nitrogens with zero attached hydrogens (tertiary/aromatic N) is 1. The van der Waals surface area contributed by atoms with Gasteiger partial charge in [-0.1, -0.05) is 0 Å². The maximum atomic E-state index is 5.58. The monoisotopic (exact) mass is 266 g/mol. The number of anilines is 1. The van der Waals surface area contributed by atoms with E-state index in [0.29, 0.717) is 11.7 Å². The zero-order valence-electron chi connectivity index (χ0n) is 9.55. The third-order valence-corrected chi connectivity index (χ3v) is 3.86. The fourth-order valence-corrected chi connectivity index (χ4v) is 2.80. The molecule has 2 aromatic rings. The van der Waals surface area contributed by atoms with Crippen LogP contribution in [0.1, 0.15) is 12.6 Å². The number of thiazole rings is 1. The highest BCUT2D eigenvalue weighted by molar-refractivity contribution is 7.98. The first-order valence-electron chi connectivity index (χ1n) is 5.33. The van der Waals surface area contributed by atoms with E-state index in [4.69, 9.17) is 10.5 Å². The molecular formula is C12H14N2OS2. The number of rotatable bonds is 5. The molecule has 0 saturated carbocycles. The molecule has 17 heavy (non-hydrogen) atoms. The minimum Gasteiger partial charge on any atom is -0.494 e. The van der Waals surface area contributed by atoms with Crippen molar-refractivity contribution in [1.82, 2.24) is 4.98 Å². The van der Waals surface area contributed by atoms with Crippen molar-refractivity contribution in [2.75, 3.05) is 12.3 Å². The van der Waals surface area contributed by atoms with Crippen LogP contribution in [0.5, 0.6) is 5.75 Å². The number of nitrogen functional groups attached to an aromatic ring is 1. The van der Waals surface area contributed by atoms with Crippen LogP contribution in [-0.2, 0) is 5.75 Å². The first-order valence-corrected chi connectivity index (χ1v) is 7.20. The number of hydrogen-bond acceptors (Lipinski definition) is 5. The topological polar surface area (TPSA) is 48.1 Å². The molecule has 0 spiro atoms. The molecule has 0 radical (unpaired) electrons. The largest absolute Gasteiger partial charge is 0.494 e. The Morgan fingerprint density at radius 3 is 2.71 bits per heavy atom. The molecule has 1 aromatic heterocycles. The van der Waals surface area contributed by atoms with Crippen molar-refractivity contribution >= 4 is 28.2 Å². The van der Waals surface area contributed by atoms with Crippen LogP contribution < -0.4 is 10.5 Å². The normalized spacial score (nSPS) is 10.4. The summed E-state index contributed by atoms with van der Waals surface area (Å²) in [6.07, 6.45) is 0. The molecule has 2 rings (SSSR count). The fraction of sp³-hybridized carbons (Fsp3) is 0.250. The van der Waals surface area contributed by atoms with Crippen LogP contribution in [0.4, 0.5) is 5.13 Å². The van der Waals surface area contributed by atoms with Crippen LogP contribution in [0.15, 0.2) is 34.5 Å². The Balaban J connectivity index is 1.90. The Labute approximate surface area is 109 Å². The summed E-state index contributed by atoms with van der Waals surface area (Å²) >= 11 is 3.23. The lowest BCUT2D eigenvalue weighted by molar-refractivity contribution is 0.340. The maximum absolute atomic E-state index is 5.58. The summed E-state index contributed by atoms with van der Waals surface area (Å²) in [5.74, 6) is 1.76. The highest BCUT2D eigenvalue weighted by Gasteiger charge is 2.01. The van der Waals surface area contributed by atoms with Gasteiger partial charge in [0.15, 0.2) is 5.13 Å². The summed E-state index contributed by atoms with van der Waals surface area (Å²) in [5, 5.41) is 2.63. The van der Waals surface area contributed by atoms with Gasteiger partial charge in [-0.05, 0) is 31.2 Å². The second kappa shape index (κ2) is 5.93. The third kappa shape index (κ3) is 3.64. The van der Waals surface area contributed by atoms with Gasteiger partial charge in [0, 0.05) is 16.0 Å². The summed E-state index contributed by atoms with van der Waals surface area (Å²) in [6, 6.07) is 8.10. The molecule has 0 fully saturated rings. The van der Waals surface area contributed by atoms with Crippen molar-refractivity contribution in [2.45, 2.75) is 17.6 Å². The molecule has 0 unspecified atom stereocenters. The molecule has 1 heterocycles. The van der Waals surface area contributed by atoms with Gasteiger partial charge in [0.1, 0.15) is 5.75 Å². The maximum Gasteiger partial charge on any atom is 0.180 e. The van der Waals surface area contributed by atoms with Gasteiger partial charge in [0.2, 0.25) is 0 Å². The number of ether oxygens (including phenoxy) is 1. The van der Waals surface area contributed by atoms with E-state index in [1.807, 2.05) is 24.4 Å². The van der Waals surface area contributed by atoms with Crippen LogP contribution in [0.2, 0.25) is 0 Å². The Kier molecular flexibility index (Phi) is 4.28. The lowest BCUT2D eigenvalue weighted by Gasteiger charge is -2.04. The first-order chi connectivity index (χ1) is 8.28. The van der Waals surface area contributed by atoms with E-state index in [-0.39, 0.29) is 0 Å². The minimum absolute atomic E-state index is 0.632. The first kappa shape index (κ1) is 12.3. The van der Waals surface area contributed by atoms with Crippen molar-refractivity contribution in [1.29, 1.82) is 0 Å². The van der Waals surface area contributed by atoms with Crippen molar-refractivity contribution in [2.24, 2.45) is 0 Å². The van der Waals surface area contributed by atoms with Crippen LogP contribution in [0, 0.1) is 0 Å². The smallest absolute Gasteiger partial charge is 0.180 e. The number of benzene rings is 1. The molecule has 0 saturated heterocycles. The Morgan fingerprint density at radius 1 is 1.35 bits per heavy atom. The third-order valence-electron chi connectivity index (χ3n) is 2.09. The predicted molar refractivity (Wildman–Crippen MR) is 73.7 cm³/mol. The second-order valence-electron chi connectivity index (χ2n) is 3.37. The molecule has 0 aliphatic carbocycles. The molecule has 0 amide bonds. The van der Waals surface area contributed by atoms with Gasteiger partial charge in [-0.3, -0.25) is 0 Å². The Morgan fingerprint density at radius 2 is 2.12 bits per heavy atom. The van der Waals surface area contributed by atoms with Gasteiger partial charge in [-0.15, -0.1) is 23.1 Å². The number of aromatic nitrogens is 1. The van der Waals surface area contributed by atoms with E-state index < -0.39 is 0 Å². The van der Waals surface area contributed by atoms with Crippen LogP contribution in [-0.4, -0.2) is 11.6 Å². The van der Waals surface area contributed by atoms with Crippen molar-refractivity contribution in [3.8, 4) is 5.75 Å². The highest BCUT2D eigenvalue weighted by atomic mass is 32.2. The van der Waals surface area contributed by atoms with Gasteiger partial charge in [-0.2, -0.15) is 0 Å². The second-order valence-corrected chi connectivity index (χ2v) is 5.31. The van der Waals surface area contributed by atoms with Crippen LogP contribution >= 0.6 is 23.1 Å². The van der Waals surface area contributed by atoms with E-state index in [9.17, 15) is 0 Å². The molecule has 90 valence electrons. The summed E-state index contributed by atoms with van der Waals surface area (Å²) in [4.78, 5) is 5.43. The number of thioether (sulfide) groups is 1. The molecule has 0 atom stereocenters. The average molecular weight is 266 g/mol. The average Bonchev–Trinajstić information content (AvgIpc) is 2.75. The molecule has 1 aromatic carbocycles. The number of nitrogens with two attached hydrogens (primary N) is 1. The fourth-order valence-electron chi connectivity index (χ4n) is 1.34. The highest BCUT2D eigenvalue weighted by Crippen LogP contribution is 2.25. The Bertz CT molecular complexity index is 468. The summed E-state index contributed by atoms with van der Waals surface area (Å²) < 4.78 is 5.39. The molecule has 0 bridgehead atoms. The van der Waals surface area contributed by atoms with Crippen LogP contribution in [0.3, 0.4) is 0 Å². The quantitative estimate of drug-likeness (QED) is 0.842. The standard InChI is InChI=1S/C12H14N2OS2/c1-2-15-10-3-5-11(6-4-10)16-7-9-8-17-12(13)14-9/h3-6,8H,2,7H2,1H3,(H2,13,14). The van der Waals surface area contributed by atoms with E-state index in [0.717, 1.165) is 17.2 Å². The zero-order valence-corrected chi connectivity index (χ0v) is 11.2. The molecule has 3 nitrogen and oxygen atoms in total. The van der Waals surface area contributed by atoms with Gasteiger partial charge < -0.3 is 10.5 Å². The summed E-state index contributed by atoms with van der Waals surface area (Å²) in [5.41, 5.74) is 6.62. The molecule has 5 heteroatoms. The van der Waals surface area contributed by atoms with E-state index in [1.54, 1.807) is 11.8 Å². The van der Waals surface area contributed by atoms with E-state index >= 15 is 0 Å². The zero-order chi connectivity index (χ0) is 12.1. The van der Waals surface area contributed by atoms with Crippen molar-refractivity contribution in [3.05, 3.63) is 35.3 Å². The Hall–Kier alpha value is -1.20. The van der Waals surface area contributed by atoms with Gasteiger partial charge >= 0.3 is 0 Å². The summed E-state index contributed by atoms with van der Waals surface area (Å²) in [7, 11) is 0. The van der Waals surface area contributed by atoms with Gasteiger partial charge in [0.25, 0.3) is 0 Å². The van der Waals surface area contributed by atoms with Gasteiger partial charge in [0.05, 0.1) is 12.3 Å². The molecule has 0 aliphatic rings. The SMILES string of the molecule is CCOc1ccc(SCc2csc(N)n2)cc1. The van der Waals surface area contributed by atoms with E-state index in [1.165, 1.54) is 16.2 Å². The molecule has 2 N–H and O–H groups in total. The minimum atomic E-state index is 0.632. The van der Waals surface area contributed by atoms with E-state index in [2.05, 4.69) is 17.1 Å². The summed E-state index contributed by atoms with van der Waals surface area (Å²) in [6.45, 7) is 2.68. The lowest BCUT2D eigenvalue weighted by atomic mass is 10.3. The lowest BCUT2D eigenvalue weighted by Crippen LogP contribution is -1.90. The predicted octanol–water partition coefficient (Wildman–Crippen LogP) is 3.42.